The summed E-state index contributed by atoms with van der Waals surface area (Å²) in [6.45, 7) is -0.434. The van der Waals surface area contributed by atoms with Crippen LogP contribution in [0.2, 0.25) is 0 Å². The number of nitrogens with one attached hydrogen (secondary N) is 3. The Labute approximate surface area is 185 Å². The largest absolute Gasteiger partial charge is 0.484 e. The van der Waals surface area contributed by atoms with Gasteiger partial charge in [0.15, 0.2) is 6.61 Å². The van der Waals surface area contributed by atoms with Crippen molar-refractivity contribution in [2.45, 2.75) is 6.18 Å². The zero-order valence-corrected chi connectivity index (χ0v) is 17.1. The van der Waals surface area contributed by atoms with Gasteiger partial charge in [0.05, 0.1) is 12.7 Å². The highest BCUT2D eigenvalue weighted by Crippen LogP contribution is 2.30. The van der Waals surface area contributed by atoms with Crippen molar-refractivity contribution in [3.8, 4) is 11.6 Å². The number of anilines is 2. The van der Waals surface area contributed by atoms with Gasteiger partial charge in [-0.2, -0.15) is 18.2 Å². The van der Waals surface area contributed by atoms with Crippen molar-refractivity contribution in [1.29, 1.82) is 0 Å². The number of aromatic nitrogens is 2. The predicted molar refractivity (Wildman–Crippen MR) is 112 cm³/mol. The van der Waals surface area contributed by atoms with E-state index in [4.69, 9.17) is 9.47 Å². The van der Waals surface area contributed by atoms with Gasteiger partial charge in [0.1, 0.15) is 5.75 Å². The molecule has 33 heavy (non-hydrogen) atoms. The molecule has 0 spiro atoms. The number of benzene rings is 2. The van der Waals surface area contributed by atoms with Crippen LogP contribution in [0.1, 0.15) is 15.9 Å². The molecule has 1 aromatic heterocycles. The fourth-order valence-electron chi connectivity index (χ4n) is 2.52. The fraction of sp³-hybridized carbons (Fsp3) is 0.143. The van der Waals surface area contributed by atoms with Crippen LogP contribution in [0.5, 0.6) is 11.6 Å². The molecule has 9 nitrogen and oxygen atoms in total. The average molecular weight is 461 g/mol. The van der Waals surface area contributed by atoms with Gasteiger partial charge in [0.2, 0.25) is 11.8 Å². The highest BCUT2D eigenvalue weighted by molar-refractivity contribution is 5.95. The van der Waals surface area contributed by atoms with Gasteiger partial charge in [0.25, 0.3) is 11.8 Å². The number of carbonyl (C=O) groups is 2. The van der Waals surface area contributed by atoms with E-state index in [9.17, 15) is 22.8 Å². The summed E-state index contributed by atoms with van der Waals surface area (Å²) in [5.41, 5.74) is 4.39. The summed E-state index contributed by atoms with van der Waals surface area (Å²) in [6.07, 6.45) is -3.06. The lowest BCUT2D eigenvalue weighted by Crippen LogP contribution is -2.30. The first-order valence-electron chi connectivity index (χ1n) is 9.38. The topological polar surface area (TPSA) is 114 Å². The van der Waals surface area contributed by atoms with Gasteiger partial charge in [0, 0.05) is 23.5 Å². The standard InChI is InChI=1S/C21H18F3N5O4/c1-32-18-9-10-25-20(27-18)29-28-19(31)13-5-7-16(8-6-13)33-12-17(30)26-15-4-2-3-14(11-15)21(22,23)24/h2-11H,12H2,1H3,(H,26,30)(H,28,31)(H,25,27,29). The molecule has 172 valence electrons. The van der Waals surface area contributed by atoms with Crippen molar-refractivity contribution in [3.05, 3.63) is 71.9 Å². The second-order valence-electron chi connectivity index (χ2n) is 6.44. The number of hydrogen-bond donors (Lipinski definition) is 3. The van der Waals surface area contributed by atoms with Crippen molar-refractivity contribution in [2.75, 3.05) is 24.5 Å². The summed E-state index contributed by atoms with van der Waals surface area (Å²) in [5, 5.41) is 2.34. The minimum absolute atomic E-state index is 0.00189. The summed E-state index contributed by atoms with van der Waals surface area (Å²) in [5.74, 6) is -0.376. The average Bonchev–Trinajstić information content (AvgIpc) is 2.81. The third-order valence-electron chi connectivity index (χ3n) is 4.09. The van der Waals surface area contributed by atoms with Gasteiger partial charge in [-0.1, -0.05) is 6.07 Å². The van der Waals surface area contributed by atoms with E-state index in [1.807, 2.05) is 0 Å². The van der Waals surface area contributed by atoms with Gasteiger partial charge in [-0.05, 0) is 42.5 Å². The Morgan fingerprint density at radius 1 is 1.06 bits per heavy atom. The number of methoxy groups -OCH3 is 1. The highest BCUT2D eigenvalue weighted by atomic mass is 19.4. The Hall–Kier alpha value is -4.35. The molecule has 2 aromatic carbocycles. The summed E-state index contributed by atoms with van der Waals surface area (Å²) >= 11 is 0. The lowest BCUT2D eigenvalue weighted by atomic mass is 10.2. The molecule has 0 aliphatic rings. The zero-order valence-electron chi connectivity index (χ0n) is 17.1. The molecule has 1 heterocycles. The molecule has 0 radical (unpaired) electrons. The number of halogens is 3. The molecular weight excluding hydrogens is 443 g/mol. The van der Waals surface area contributed by atoms with Crippen molar-refractivity contribution in [2.24, 2.45) is 0 Å². The maximum atomic E-state index is 12.7. The minimum Gasteiger partial charge on any atom is -0.484 e. The first kappa shape index (κ1) is 23.3. The van der Waals surface area contributed by atoms with Crippen molar-refractivity contribution in [1.82, 2.24) is 15.4 Å². The molecule has 0 saturated carbocycles. The number of amides is 2. The van der Waals surface area contributed by atoms with Gasteiger partial charge in [-0.25, -0.2) is 4.98 Å². The minimum atomic E-state index is -4.51. The maximum absolute atomic E-state index is 12.7. The molecule has 2 amide bonds. The van der Waals surface area contributed by atoms with Crippen molar-refractivity contribution < 1.29 is 32.2 Å². The van der Waals surface area contributed by atoms with E-state index >= 15 is 0 Å². The van der Waals surface area contributed by atoms with Crippen LogP contribution in [-0.2, 0) is 11.0 Å². The predicted octanol–water partition coefficient (Wildman–Crippen LogP) is 3.28. The van der Waals surface area contributed by atoms with Crippen LogP contribution in [0, 0.1) is 0 Å². The summed E-state index contributed by atoms with van der Waals surface area (Å²) in [6, 6.07) is 11.7. The quantitative estimate of drug-likeness (QED) is 0.441. The Bertz CT molecular complexity index is 1120. The Morgan fingerprint density at radius 3 is 2.52 bits per heavy atom. The van der Waals surface area contributed by atoms with E-state index in [2.05, 4.69) is 26.1 Å². The molecule has 0 atom stereocenters. The molecule has 3 N–H and O–H groups in total. The highest BCUT2D eigenvalue weighted by Gasteiger charge is 2.30. The van der Waals surface area contributed by atoms with Crippen LogP contribution in [0.4, 0.5) is 24.8 Å². The number of rotatable bonds is 8. The number of hydrogen-bond acceptors (Lipinski definition) is 7. The SMILES string of the molecule is COc1ccnc(NNC(=O)c2ccc(OCC(=O)Nc3cccc(C(F)(F)F)c3)cc2)n1. The van der Waals surface area contributed by atoms with Crippen LogP contribution in [0.3, 0.4) is 0 Å². The first-order valence-corrected chi connectivity index (χ1v) is 9.38. The Morgan fingerprint density at radius 2 is 1.82 bits per heavy atom. The molecule has 3 aromatic rings. The third-order valence-corrected chi connectivity index (χ3v) is 4.09. The number of ether oxygens (including phenoxy) is 2. The second kappa shape index (κ2) is 10.3. The molecule has 12 heteroatoms. The van der Waals surface area contributed by atoms with Crippen LogP contribution < -0.4 is 25.6 Å². The van der Waals surface area contributed by atoms with Crippen LogP contribution in [0.15, 0.2) is 60.8 Å². The monoisotopic (exact) mass is 461 g/mol. The molecule has 0 bridgehead atoms. The summed E-state index contributed by atoms with van der Waals surface area (Å²) < 4.78 is 48.5. The number of hydrazine groups is 1. The molecule has 0 aliphatic heterocycles. The number of carbonyl (C=O) groups excluding carboxylic acids is 2. The fourth-order valence-corrected chi connectivity index (χ4v) is 2.52. The maximum Gasteiger partial charge on any atom is 0.416 e. The molecule has 0 unspecified atom stereocenters. The van der Waals surface area contributed by atoms with Crippen molar-refractivity contribution in [3.63, 3.8) is 0 Å². The molecule has 3 rings (SSSR count). The summed E-state index contributed by atoms with van der Waals surface area (Å²) in [7, 11) is 1.45. The van der Waals surface area contributed by atoms with E-state index in [-0.39, 0.29) is 22.9 Å². The van der Waals surface area contributed by atoms with Crippen LogP contribution >= 0.6 is 0 Å². The van der Waals surface area contributed by atoms with Gasteiger partial charge in [-0.15, -0.1) is 0 Å². The van der Waals surface area contributed by atoms with Crippen LogP contribution in [0.25, 0.3) is 0 Å². The lowest BCUT2D eigenvalue weighted by molar-refractivity contribution is -0.137. The lowest BCUT2D eigenvalue weighted by Gasteiger charge is -2.11. The van der Waals surface area contributed by atoms with E-state index in [0.29, 0.717) is 5.88 Å². The van der Waals surface area contributed by atoms with E-state index in [0.717, 1.165) is 12.1 Å². The molecule has 0 fully saturated rings. The number of alkyl halides is 3. The number of nitrogens with zero attached hydrogens (tertiary/aromatic N) is 2. The molecular formula is C21H18F3N5O4. The zero-order chi connectivity index (χ0) is 23.8. The smallest absolute Gasteiger partial charge is 0.416 e. The first-order chi connectivity index (χ1) is 15.7. The van der Waals surface area contributed by atoms with E-state index in [1.54, 1.807) is 6.07 Å². The van der Waals surface area contributed by atoms with Gasteiger partial charge < -0.3 is 14.8 Å². The summed E-state index contributed by atoms with van der Waals surface area (Å²) in [4.78, 5) is 32.1. The molecule has 0 saturated heterocycles. The molecule has 0 aliphatic carbocycles. The van der Waals surface area contributed by atoms with Crippen molar-refractivity contribution >= 4 is 23.5 Å². The third kappa shape index (κ3) is 6.82. The van der Waals surface area contributed by atoms with E-state index < -0.39 is 30.2 Å². The second-order valence-corrected chi connectivity index (χ2v) is 6.44. The van der Waals surface area contributed by atoms with E-state index in [1.165, 1.54) is 49.7 Å². The Kier molecular flexibility index (Phi) is 7.28. The van der Waals surface area contributed by atoms with Gasteiger partial charge in [-0.3, -0.25) is 20.4 Å². The Balaban J connectivity index is 1.49. The normalized spacial score (nSPS) is 10.8. The van der Waals surface area contributed by atoms with Crippen LogP contribution in [-0.4, -0.2) is 35.5 Å². The van der Waals surface area contributed by atoms with Gasteiger partial charge >= 0.3 is 6.18 Å².